The van der Waals surface area contributed by atoms with Gasteiger partial charge in [-0.25, -0.2) is 4.98 Å². The van der Waals surface area contributed by atoms with Gasteiger partial charge in [0.1, 0.15) is 4.83 Å². The van der Waals surface area contributed by atoms with E-state index in [1.807, 2.05) is 25.1 Å². The molecule has 1 amide bonds. The van der Waals surface area contributed by atoms with Crippen molar-refractivity contribution >= 4 is 39.2 Å². The highest BCUT2D eigenvalue weighted by atomic mass is 32.2. The number of carbonyl (C=O) groups is 1. The van der Waals surface area contributed by atoms with Crippen molar-refractivity contribution in [2.24, 2.45) is 7.05 Å². The predicted molar refractivity (Wildman–Crippen MR) is 120 cm³/mol. The molecule has 1 N–H and O–H groups in total. The van der Waals surface area contributed by atoms with E-state index in [9.17, 15) is 9.59 Å². The molecule has 3 aromatic rings. The lowest BCUT2D eigenvalue weighted by Crippen LogP contribution is -2.35. The first kappa shape index (κ1) is 20.2. The summed E-state index contributed by atoms with van der Waals surface area (Å²) in [4.78, 5) is 32.2. The normalized spacial score (nSPS) is 14.6. The van der Waals surface area contributed by atoms with E-state index in [2.05, 4.69) is 17.4 Å². The number of rotatable bonds is 6. The van der Waals surface area contributed by atoms with E-state index in [0.29, 0.717) is 5.16 Å². The van der Waals surface area contributed by atoms with Crippen molar-refractivity contribution < 1.29 is 4.79 Å². The fourth-order valence-electron chi connectivity index (χ4n) is 3.86. The number of thiophene rings is 1. The third kappa shape index (κ3) is 4.41. The molecular formula is C22H25N3O2S2. The Morgan fingerprint density at radius 3 is 2.83 bits per heavy atom. The first-order valence-corrected chi connectivity index (χ1v) is 11.8. The lowest BCUT2D eigenvalue weighted by Gasteiger charge is -2.14. The fraction of sp³-hybridized carbons (Fsp3) is 0.409. The Labute approximate surface area is 178 Å². The van der Waals surface area contributed by atoms with E-state index in [-0.39, 0.29) is 23.3 Å². The summed E-state index contributed by atoms with van der Waals surface area (Å²) in [5.74, 6) is 0.203. The van der Waals surface area contributed by atoms with Crippen LogP contribution in [0.3, 0.4) is 0 Å². The number of nitrogens with one attached hydrogen (secondary N) is 1. The standard InChI is InChI=1S/C22H25N3O2S2/c1-14(12-15-8-4-3-5-9-15)23-18(26)13-28-22-24-20-19(21(27)25(22)2)16-10-6-7-11-17(16)29-20/h3-5,8-9,14H,6-7,10-13H2,1-2H3,(H,23,26). The van der Waals surface area contributed by atoms with E-state index in [4.69, 9.17) is 4.98 Å². The minimum atomic E-state index is -0.0433. The molecule has 0 radical (unpaired) electrons. The topological polar surface area (TPSA) is 64.0 Å². The van der Waals surface area contributed by atoms with Gasteiger partial charge in [0.15, 0.2) is 5.16 Å². The van der Waals surface area contributed by atoms with Gasteiger partial charge in [-0.3, -0.25) is 14.2 Å². The van der Waals surface area contributed by atoms with Gasteiger partial charge < -0.3 is 5.32 Å². The van der Waals surface area contributed by atoms with Crippen molar-refractivity contribution in [1.82, 2.24) is 14.9 Å². The number of hydrogen-bond donors (Lipinski definition) is 1. The number of nitrogens with zero attached hydrogens (tertiary/aromatic N) is 2. The highest BCUT2D eigenvalue weighted by Gasteiger charge is 2.21. The summed E-state index contributed by atoms with van der Waals surface area (Å²) < 4.78 is 1.59. The average Bonchev–Trinajstić information content (AvgIpc) is 3.08. The number of benzene rings is 1. The maximum atomic E-state index is 12.9. The minimum absolute atomic E-state index is 0.00903. The third-order valence-corrected chi connectivity index (χ3v) is 7.50. The Morgan fingerprint density at radius 1 is 1.28 bits per heavy atom. The first-order chi connectivity index (χ1) is 14.0. The largest absolute Gasteiger partial charge is 0.353 e. The molecule has 29 heavy (non-hydrogen) atoms. The Bertz CT molecular complexity index is 1090. The predicted octanol–water partition coefficient (Wildman–Crippen LogP) is 3.71. The molecule has 0 saturated heterocycles. The zero-order valence-electron chi connectivity index (χ0n) is 16.7. The molecule has 5 nitrogen and oxygen atoms in total. The molecule has 0 fully saturated rings. The van der Waals surface area contributed by atoms with Crippen LogP contribution in [0.1, 0.15) is 35.8 Å². The highest BCUT2D eigenvalue weighted by molar-refractivity contribution is 7.99. The maximum Gasteiger partial charge on any atom is 0.262 e. The molecule has 1 atom stereocenters. The first-order valence-electron chi connectivity index (χ1n) is 10.0. The van der Waals surface area contributed by atoms with Crippen LogP contribution in [0.15, 0.2) is 40.3 Å². The molecule has 2 aromatic heterocycles. The van der Waals surface area contributed by atoms with Crippen LogP contribution in [-0.2, 0) is 31.1 Å². The molecule has 1 unspecified atom stereocenters. The summed E-state index contributed by atoms with van der Waals surface area (Å²) >= 11 is 2.97. The van der Waals surface area contributed by atoms with Gasteiger partial charge in [0, 0.05) is 18.0 Å². The van der Waals surface area contributed by atoms with Gasteiger partial charge >= 0.3 is 0 Å². The molecule has 7 heteroatoms. The smallest absolute Gasteiger partial charge is 0.262 e. The van der Waals surface area contributed by atoms with Gasteiger partial charge in [-0.2, -0.15) is 0 Å². The summed E-state index contributed by atoms with van der Waals surface area (Å²) in [6.07, 6.45) is 5.13. The number of carbonyl (C=O) groups excluding carboxylic acids is 1. The molecule has 0 saturated carbocycles. The van der Waals surface area contributed by atoms with E-state index < -0.39 is 0 Å². The Hall–Kier alpha value is -2.12. The van der Waals surface area contributed by atoms with Crippen LogP contribution in [0.25, 0.3) is 10.2 Å². The molecule has 1 aliphatic carbocycles. The third-order valence-electron chi connectivity index (χ3n) is 5.28. The van der Waals surface area contributed by atoms with Crippen LogP contribution in [0, 0.1) is 0 Å². The monoisotopic (exact) mass is 427 g/mol. The fourth-order valence-corrected chi connectivity index (χ4v) is 5.95. The average molecular weight is 428 g/mol. The summed E-state index contributed by atoms with van der Waals surface area (Å²) in [7, 11) is 1.75. The Balaban J connectivity index is 1.43. The van der Waals surface area contributed by atoms with Crippen molar-refractivity contribution in [3.05, 3.63) is 56.7 Å². The number of aromatic nitrogens is 2. The van der Waals surface area contributed by atoms with E-state index in [1.165, 1.54) is 34.2 Å². The second-order valence-corrected chi connectivity index (χ2v) is 9.62. The van der Waals surface area contributed by atoms with E-state index in [1.54, 1.807) is 23.0 Å². The molecule has 1 aromatic carbocycles. The second kappa shape index (κ2) is 8.71. The van der Waals surface area contributed by atoms with Crippen molar-refractivity contribution in [2.45, 2.75) is 50.2 Å². The lowest BCUT2D eigenvalue weighted by molar-refractivity contribution is -0.119. The quantitative estimate of drug-likeness (QED) is 0.481. The Kier molecular flexibility index (Phi) is 6.06. The van der Waals surface area contributed by atoms with Crippen molar-refractivity contribution in [1.29, 1.82) is 0 Å². The van der Waals surface area contributed by atoms with Gasteiger partial charge in [0.25, 0.3) is 5.56 Å². The van der Waals surface area contributed by atoms with Crippen molar-refractivity contribution in [2.75, 3.05) is 5.75 Å². The number of amides is 1. The summed E-state index contributed by atoms with van der Waals surface area (Å²) in [5.41, 5.74) is 2.41. The van der Waals surface area contributed by atoms with Gasteiger partial charge in [0.05, 0.1) is 11.1 Å². The van der Waals surface area contributed by atoms with Crippen LogP contribution in [0.5, 0.6) is 0 Å². The molecule has 4 rings (SSSR count). The highest BCUT2D eigenvalue weighted by Crippen LogP contribution is 2.34. The summed E-state index contributed by atoms with van der Waals surface area (Å²) in [5, 5.41) is 4.43. The van der Waals surface area contributed by atoms with Gasteiger partial charge in [-0.1, -0.05) is 42.1 Å². The van der Waals surface area contributed by atoms with Crippen LogP contribution < -0.4 is 10.9 Å². The minimum Gasteiger partial charge on any atom is -0.353 e. The summed E-state index contributed by atoms with van der Waals surface area (Å²) in [6, 6.07) is 10.2. The zero-order chi connectivity index (χ0) is 20.4. The van der Waals surface area contributed by atoms with Crippen LogP contribution in [0.4, 0.5) is 0 Å². The molecule has 2 heterocycles. The van der Waals surface area contributed by atoms with Crippen molar-refractivity contribution in [3.63, 3.8) is 0 Å². The van der Waals surface area contributed by atoms with Gasteiger partial charge in [0.2, 0.25) is 5.91 Å². The number of thioether (sulfide) groups is 1. The molecule has 152 valence electrons. The van der Waals surface area contributed by atoms with Crippen LogP contribution in [-0.4, -0.2) is 27.3 Å². The zero-order valence-corrected chi connectivity index (χ0v) is 18.4. The number of hydrogen-bond acceptors (Lipinski definition) is 5. The second-order valence-electron chi connectivity index (χ2n) is 7.60. The molecule has 0 bridgehead atoms. The number of aryl methyl sites for hydroxylation is 2. The van der Waals surface area contributed by atoms with Crippen LogP contribution >= 0.6 is 23.1 Å². The SMILES string of the molecule is CC(Cc1ccccc1)NC(=O)CSc1nc2sc3c(c2c(=O)n1C)CCCC3. The Morgan fingerprint density at radius 2 is 2.03 bits per heavy atom. The molecular weight excluding hydrogens is 402 g/mol. The van der Waals surface area contributed by atoms with Crippen LogP contribution in [0.2, 0.25) is 0 Å². The summed E-state index contributed by atoms with van der Waals surface area (Å²) in [6.45, 7) is 2.01. The molecule has 0 spiro atoms. The molecule has 0 aliphatic heterocycles. The van der Waals surface area contributed by atoms with E-state index >= 15 is 0 Å². The maximum absolute atomic E-state index is 12.9. The van der Waals surface area contributed by atoms with Gasteiger partial charge in [-0.05, 0) is 50.2 Å². The van der Waals surface area contributed by atoms with E-state index in [0.717, 1.165) is 35.9 Å². The lowest BCUT2D eigenvalue weighted by atomic mass is 9.97. The van der Waals surface area contributed by atoms with Gasteiger partial charge in [-0.15, -0.1) is 11.3 Å². The number of fused-ring (bicyclic) bond motifs is 3. The van der Waals surface area contributed by atoms with Crippen molar-refractivity contribution in [3.8, 4) is 0 Å². The molecule has 1 aliphatic rings.